The molecule has 0 spiro atoms. The van der Waals surface area contributed by atoms with Crippen LogP contribution in [0.25, 0.3) is 0 Å². The van der Waals surface area contributed by atoms with E-state index in [1.165, 1.54) is 5.56 Å². The smallest absolute Gasteiger partial charge is 0.229 e. The molecule has 0 aliphatic rings. The highest BCUT2D eigenvalue weighted by Gasteiger charge is 2.22. The van der Waals surface area contributed by atoms with E-state index in [0.29, 0.717) is 0 Å². The van der Waals surface area contributed by atoms with Crippen LogP contribution in [0.15, 0.2) is 24.3 Å². The lowest BCUT2D eigenvalue weighted by atomic mass is 9.95. The van der Waals surface area contributed by atoms with Crippen LogP contribution in [0.1, 0.15) is 40.2 Å². The Balaban J connectivity index is 2.87. The third-order valence-electron chi connectivity index (χ3n) is 3.24. The summed E-state index contributed by atoms with van der Waals surface area (Å²) in [6.45, 7) is 13.0. The summed E-state index contributed by atoms with van der Waals surface area (Å²) in [6.07, 6.45) is 0. The van der Waals surface area contributed by atoms with E-state index in [1.807, 2.05) is 39.0 Å². The number of carbonyl (C=O) groups excluding carboxylic acids is 1. The standard InChI is InChI=1S/C16H26N2O/c1-6-18(7-2)12-13-10-8-9-11-14(13)17-15(19)16(3,4)5/h8-11H,6-7,12H2,1-5H3,(H,17,19). The summed E-state index contributed by atoms with van der Waals surface area (Å²) in [5, 5.41) is 3.04. The Hall–Kier alpha value is -1.35. The van der Waals surface area contributed by atoms with Crippen LogP contribution in [0, 0.1) is 5.41 Å². The van der Waals surface area contributed by atoms with Crippen molar-refractivity contribution in [2.24, 2.45) is 5.41 Å². The summed E-state index contributed by atoms with van der Waals surface area (Å²) in [7, 11) is 0. The molecule has 1 rings (SSSR count). The predicted octanol–water partition coefficient (Wildman–Crippen LogP) is 3.51. The van der Waals surface area contributed by atoms with Crippen molar-refractivity contribution in [1.82, 2.24) is 4.90 Å². The summed E-state index contributed by atoms with van der Waals surface area (Å²) in [6, 6.07) is 8.04. The van der Waals surface area contributed by atoms with Gasteiger partial charge in [0.15, 0.2) is 0 Å². The molecule has 0 unspecified atom stereocenters. The Morgan fingerprint density at radius 3 is 2.26 bits per heavy atom. The molecular formula is C16H26N2O. The van der Waals surface area contributed by atoms with E-state index in [4.69, 9.17) is 0 Å². The lowest BCUT2D eigenvalue weighted by Crippen LogP contribution is -2.29. The van der Waals surface area contributed by atoms with Crippen molar-refractivity contribution in [1.29, 1.82) is 0 Å². The first-order chi connectivity index (χ1) is 8.88. The maximum absolute atomic E-state index is 12.1. The van der Waals surface area contributed by atoms with Gasteiger partial charge >= 0.3 is 0 Å². The van der Waals surface area contributed by atoms with Gasteiger partial charge in [-0.3, -0.25) is 9.69 Å². The van der Waals surface area contributed by atoms with E-state index < -0.39 is 0 Å². The summed E-state index contributed by atoms with van der Waals surface area (Å²) in [5.74, 6) is 0.0551. The van der Waals surface area contributed by atoms with E-state index in [-0.39, 0.29) is 11.3 Å². The molecule has 1 amide bonds. The molecule has 0 saturated carbocycles. The minimum Gasteiger partial charge on any atom is -0.325 e. The highest BCUT2D eigenvalue weighted by atomic mass is 16.2. The number of hydrogen-bond acceptors (Lipinski definition) is 2. The van der Waals surface area contributed by atoms with Crippen LogP contribution in [0.2, 0.25) is 0 Å². The zero-order valence-electron chi connectivity index (χ0n) is 12.8. The van der Waals surface area contributed by atoms with Gasteiger partial charge in [-0.1, -0.05) is 52.8 Å². The van der Waals surface area contributed by atoms with Gasteiger partial charge in [-0.05, 0) is 24.7 Å². The first kappa shape index (κ1) is 15.7. The Morgan fingerprint density at radius 1 is 1.16 bits per heavy atom. The fourth-order valence-corrected chi connectivity index (χ4v) is 1.78. The molecule has 1 aromatic carbocycles. The molecule has 3 heteroatoms. The molecule has 0 aliphatic carbocycles. The van der Waals surface area contributed by atoms with E-state index in [1.54, 1.807) is 0 Å². The van der Waals surface area contributed by atoms with E-state index in [2.05, 4.69) is 30.1 Å². The Kier molecular flexibility index (Phi) is 5.55. The summed E-state index contributed by atoms with van der Waals surface area (Å²) in [5.41, 5.74) is 1.72. The van der Waals surface area contributed by atoms with Gasteiger partial charge in [0, 0.05) is 17.6 Å². The molecule has 0 atom stereocenters. The zero-order valence-corrected chi connectivity index (χ0v) is 12.8. The second-order valence-electron chi connectivity index (χ2n) is 5.82. The average Bonchev–Trinajstić information content (AvgIpc) is 2.36. The van der Waals surface area contributed by atoms with Crippen LogP contribution < -0.4 is 5.32 Å². The highest BCUT2D eigenvalue weighted by molar-refractivity contribution is 5.95. The van der Waals surface area contributed by atoms with Crippen LogP contribution in [0.3, 0.4) is 0 Å². The first-order valence-electron chi connectivity index (χ1n) is 7.00. The van der Waals surface area contributed by atoms with Crippen molar-refractivity contribution < 1.29 is 4.79 Å². The van der Waals surface area contributed by atoms with Gasteiger partial charge < -0.3 is 5.32 Å². The lowest BCUT2D eigenvalue weighted by molar-refractivity contribution is -0.123. The van der Waals surface area contributed by atoms with Crippen molar-refractivity contribution in [3.8, 4) is 0 Å². The summed E-state index contributed by atoms with van der Waals surface area (Å²) in [4.78, 5) is 14.4. The molecule has 3 nitrogen and oxygen atoms in total. The summed E-state index contributed by atoms with van der Waals surface area (Å²) < 4.78 is 0. The number of nitrogens with one attached hydrogen (secondary N) is 1. The van der Waals surface area contributed by atoms with Crippen LogP contribution in [0.5, 0.6) is 0 Å². The highest BCUT2D eigenvalue weighted by Crippen LogP contribution is 2.21. The molecule has 0 radical (unpaired) electrons. The average molecular weight is 262 g/mol. The largest absolute Gasteiger partial charge is 0.325 e. The van der Waals surface area contributed by atoms with Crippen molar-refractivity contribution in [2.45, 2.75) is 41.2 Å². The van der Waals surface area contributed by atoms with Crippen LogP contribution in [-0.2, 0) is 11.3 Å². The fourth-order valence-electron chi connectivity index (χ4n) is 1.78. The summed E-state index contributed by atoms with van der Waals surface area (Å²) >= 11 is 0. The molecule has 0 aliphatic heterocycles. The number of benzene rings is 1. The van der Waals surface area contributed by atoms with Crippen LogP contribution in [0.4, 0.5) is 5.69 Å². The van der Waals surface area contributed by atoms with Crippen molar-refractivity contribution >= 4 is 11.6 Å². The Bertz CT molecular complexity index is 417. The number of amides is 1. The topological polar surface area (TPSA) is 32.3 Å². The van der Waals surface area contributed by atoms with Gasteiger partial charge in [0.1, 0.15) is 0 Å². The maximum atomic E-state index is 12.1. The molecule has 0 saturated heterocycles. The second kappa shape index (κ2) is 6.71. The molecule has 0 aromatic heterocycles. The van der Waals surface area contributed by atoms with Crippen molar-refractivity contribution in [3.63, 3.8) is 0 Å². The first-order valence-corrected chi connectivity index (χ1v) is 7.00. The van der Waals surface area contributed by atoms with Crippen molar-refractivity contribution in [3.05, 3.63) is 29.8 Å². The van der Waals surface area contributed by atoms with Gasteiger partial charge in [-0.2, -0.15) is 0 Å². The number of para-hydroxylation sites is 1. The molecule has 0 heterocycles. The molecule has 106 valence electrons. The molecule has 1 N–H and O–H groups in total. The Labute approximate surface area is 117 Å². The maximum Gasteiger partial charge on any atom is 0.229 e. The van der Waals surface area contributed by atoms with E-state index >= 15 is 0 Å². The monoisotopic (exact) mass is 262 g/mol. The lowest BCUT2D eigenvalue weighted by Gasteiger charge is -2.22. The second-order valence-corrected chi connectivity index (χ2v) is 5.82. The SMILES string of the molecule is CCN(CC)Cc1ccccc1NC(=O)C(C)(C)C. The van der Waals surface area contributed by atoms with Crippen LogP contribution >= 0.6 is 0 Å². The van der Waals surface area contributed by atoms with Gasteiger partial charge in [-0.15, -0.1) is 0 Å². The minimum atomic E-state index is -0.373. The molecule has 0 fully saturated rings. The van der Waals surface area contributed by atoms with Crippen molar-refractivity contribution in [2.75, 3.05) is 18.4 Å². The molecule has 19 heavy (non-hydrogen) atoms. The van der Waals surface area contributed by atoms with Gasteiger partial charge in [0.25, 0.3) is 0 Å². The van der Waals surface area contributed by atoms with Gasteiger partial charge in [-0.25, -0.2) is 0 Å². The molecule has 0 bridgehead atoms. The minimum absolute atomic E-state index is 0.0551. The number of carbonyl (C=O) groups is 1. The van der Waals surface area contributed by atoms with Gasteiger partial charge in [0.05, 0.1) is 0 Å². The quantitative estimate of drug-likeness (QED) is 0.880. The third kappa shape index (κ3) is 4.67. The number of rotatable bonds is 5. The zero-order chi connectivity index (χ0) is 14.5. The number of anilines is 1. The Morgan fingerprint density at radius 2 is 1.74 bits per heavy atom. The number of hydrogen-bond donors (Lipinski definition) is 1. The third-order valence-corrected chi connectivity index (χ3v) is 3.24. The molecular weight excluding hydrogens is 236 g/mol. The number of nitrogens with zero attached hydrogens (tertiary/aromatic N) is 1. The molecule has 1 aromatic rings. The normalized spacial score (nSPS) is 11.7. The predicted molar refractivity (Wildman–Crippen MR) is 81.2 cm³/mol. The van der Waals surface area contributed by atoms with Crippen LogP contribution in [-0.4, -0.2) is 23.9 Å². The fraction of sp³-hybridized carbons (Fsp3) is 0.562. The van der Waals surface area contributed by atoms with E-state index in [9.17, 15) is 4.79 Å². The van der Waals surface area contributed by atoms with Gasteiger partial charge in [0.2, 0.25) is 5.91 Å². The van der Waals surface area contributed by atoms with E-state index in [0.717, 1.165) is 25.3 Å².